The van der Waals surface area contributed by atoms with Gasteiger partial charge in [-0.1, -0.05) is 16.9 Å². The van der Waals surface area contributed by atoms with Gasteiger partial charge in [0.2, 0.25) is 6.39 Å². The molecule has 0 aromatic carbocycles. The summed E-state index contributed by atoms with van der Waals surface area (Å²) in [7, 11) is 0. The first kappa shape index (κ1) is 8.71. The van der Waals surface area contributed by atoms with Gasteiger partial charge < -0.3 is 4.52 Å². The van der Waals surface area contributed by atoms with Crippen LogP contribution in [0, 0.1) is 6.92 Å². The summed E-state index contributed by atoms with van der Waals surface area (Å²) in [6.45, 7) is 1.98. The number of hydrogen-bond donors (Lipinski definition) is 0. The molecule has 13 heavy (non-hydrogen) atoms. The molecule has 0 N–H and O–H groups in total. The molecule has 6 heteroatoms. The van der Waals surface area contributed by atoms with E-state index in [0.29, 0.717) is 11.6 Å². The van der Waals surface area contributed by atoms with Crippen molar-refractivity contribution < 1.29 is 4.52 Å². The number of rotatable bonds is 3. The summed E-state index contributed by atoms with van der Waals surface area (Å²) in [5, 5.41) is 5.73. The van der Waals surface area contributed by atoms with E-state index in [-0.39, 0.29) is 0 Å². The van der Waals surface area contributed by atoms with Crippen molar-refractivity contribution in [2.75, 3.05) is 0 Å². The Morgan fingerprint density at radius 2 is 2.54 bits per heavy atom. The first-order valence-corrected chi connectivity index (χ1v) is 5.51. The van der Waals surface area contributed by atoms with E-state index in [9.17, 15) is 0 Å². The maximum atomic E-state index is 4.62. The van der Waals surface area contributed by atoms with Crippen LogP contribution in [-0.2, 0) is 5.75 Å². The van der Waals surface area contributed by atoms with E-state index >= 15 is 0 Å². The van der Waals surface area contributed by atoms with Crippen molar-refractivity contribution in [3.05, 3.63) is 23.3 Å². The number of thiazole rings is 1. The van der Waals surface area contributed by atoms with Crippen molar-refractivity contribution in [2.45, 2.75) is 17.0 Å². The molecule has 2 rings (SSSR count). The second kappa shape index (κ2) is 3.89. The van der Waals surface area contributed by atoms with Gasteiger partial charge in [0.25, 0.3) is 0 Å². The van der Waals surface area contributed by atoms with E-state index in [1.54, 1.807) is 23.1 Å². The minimum atomic E-state index is 0.706. The smallest absolute Gasteiger partial charge is 0.213 e. The Bertz CT molecular complexity index is 371. The van der Waals surface area contributed by atoms with Gasteiger partial charge in [-0.25, -0.2) is 4.98 Å². The van der Waals surface area contributed by atoms with Crippen molar-refractivity contribution in [3.8, 4) is 0 Å². The third kappa shape index (κ3) is 2.28. The van der Waals surface area contributed by atoms with Gasteiger partial charge in [0, 0.05) is 11.1 Å². The third-order valence-corrected chi connectivity index (χ3v) is 3.46. The van der Waals surface area contributed by atoms with Crippen molar-refractivity contribution >= 4 is 23.1 Å². The molecule has 68 valence electrons. The van der Waals surface area contributed by atoms with Crippen molar-refractivity contribution in [1.29, 1.82) is 0 Å². The fourth-order valence-electron chi connectivity index (χ4n) is 0.781. The lowest BCUT2D eigenvalue weighted by Crippen LogP contribution is -1.82. The lowest BCUT2D eigenvalue weighted by atomic mass is 10.6. The molecule has 0 saturated heterocycles. The minimum Gasteiger partial charge on any atom is -0.343 e. The van der Waals surface area contributed by atoms with E-state index in [1.165, 1.54) is 6.39 Å². The van der Waals surface area contributed by atoms with E-state index in [2.05, 4.69) is 19.6 Å². The van der Waals surface area contributed by atoms with Crippen molar-refractivity contribution in [1.82, 2.24) is 15.1 Å². The fourth-order valence-corrected chi connectivity index (χ4v) is 2.48. The molecule has 0 bridgehead atoms. The van der Waals surface area contributed by atoms with Gasteiger partial charge in [0.1, 0.15) is 0 Å². The molecule has 4 nitrogen and oxygen atoms in total. The lowest BCUT2D eigenvalue weighted by Gasteiger charge is -1.89. The fraction of sp³-hybridized carbons (Fsp3) is 0.286. The van der Waals surface area contributed by atoms with E-state index in [0.717, 1.165) is 10.0 Å². The van der Waals surface area contributed by atoms with Crippen LogP contribution in [0.15, 0.2) is 20.6 Å². The summed E-state index contributed by atoms with van der Waals surface area (Å²) in [4.78, 5) is 8.22. The Balaban J connectivity index is 1.93. The minimum absolute atomic E-state index is 0.706. The molecule has 0 aliphatic rings. The summed E-state index contributed by atoms with van der Waals surface area (Å²) in [6.07, 6.45) is 1.34. The molecule has 2 aromatic heterocycles. The molecule has 0 aliphatic carbocycles. The number of thioether (sulfide) groups is 1. The Hall–Kier alpha value is -0.880. The van der Waals surface area contributed by atoms with Crippen LogP contribution in [0.3, 0.4) is 0 Å². The highest BCUT2D eigenvalue weighted by atomic mass is 32.2. The topological polar surface area (TPSA) is 51.8 Å². The first-order chi connectivity index (χ1) is 6.34. The number of aryl methyl sites for hydroxylation is 1. The standard InChI is InChI=1S/C7H7N3OS2/c1-5-2-12-7(9-5)13-3-6-8-4-11-10-6/h2,4H,3H2,1H3. The van der Waals surface area contributed by atoms with Gasteiger partial charge in [-0.05, 0) is 6.92 Å². The molecular weight excluding hydrogens is 206 g/mol. The highest BCUT2D eigenvalue weighted by molar-refractivity contribution is 8.00. The largest absolute Gasteiger partial charge is 0.343 e. The molecule has 0 atom stereocenters. The quantitative estimate of drug-likeness (QED) is 0.731. The average Bonchev–Trinajstić information content (AvgIpc) is 2.71. The predicted octanol–water partition coefficient (Wildman–Crippen LogP) is 2.13. The summed E-state index contributed by atoms with van der Waals surface area (Å²) in [5.41, 5.74) is 1.06. The summed E-state index contributed by atoms with van der Waals surface area (Å²) < 4.78 is 5.66. The van der Waals surface area contributed by atoms with Gasteiger partial charge in [-0.15, -0.1) is 11.3 Å². The molecule has 0 aliphatic heterocycles. The normalized spacial score (nSPS) is 10.5. The van der Waals surface area contributed by atoms with E-state index in [4.69, 9.17) is 0 Å². The maximum Gasteiger partial charge on any atom is 0.213 e. The van der Waals surface area contributed by atoms with Crippen molar-refractivity contribution in [3.63, 3.8) is 0 Å². The van der Waals surface area contributed by atoms with Gasteiger partial charge in [0.05, 0.1) is 5.75 Å². The van der Waals surface area contributed by atoms with E-state index in [1.807, 2.05) is 12.3 Å². The van der Waals surface area contributed by atoms with Crippen LogP contribution in [0.25, 0.3) is 0 Å². The molecule has 2 aromatic rings. The van der Waals surface area contributed by atoms with Crippen LogP contribution in [-0.4, -0.2) is 15.1 Å². The van der Waals surface area contributed by atoms with Crippen LogP contribution in [0.1, 0.15) is 11.5 Å². The molecule has 0 fully saturated rings. The molecular formula is C7H7N3OS2. The second-order valence-corrected chi connectivity index (χ2v) is 4.47. The van der Waals surface area contributed by atoms with Gasteiger partial charge in [0.15, 0.2) is 10.2 Å². The average molecular weight is 213 g/mol. The highest BCUT2D eigenvalue weighted by Crippen LogP contribution is 2.24. The summed E-state index contributed by atoms with van der Waals surface area (Å²) in [5.74, 6) is 1.42. The molecule has 0 saturated carbocycles. The Labute approximate surface area is 83.4 Å². The molecule has 0 amide bonds. The molecule has 2 heterocycles. The van der Waals surface area contributed by atoms with Crippen molar-refractivity contribution in [2.24, 2.45) is 0 Å². The number of hydrogen-bond acceptors (Lipinski definition) is 6. The molecule has 0 radical (unpaired) electrons. The molecule has 0 spiro atoms. The number of nitrogens with zero attached hydrogens (tertiary/aromatic N) is 3. The summed E-state index contributed by atoms with van der Waals surface area (Å²) >= 11 is 3.26. The Morgan fingerprint density at radius 1 is 1.62 bits per heavy atom. The number of aromatic nitrogens is 3. The lowest BCUT2D eigenvalue weighted by molar-refractivity contribution is 0.412. The Morgan fingerprint density at radius 3 is 3.15 bits per heavy atom. The summed E-state index contributed by atoms with van der Waals surface area (Å²) in [6, 6.07) is 0. The zero-order chi connectivity index (χ0) is 9.10. The SMILES string of the molecule is Cc1csc(SCc2ncon2)n1. The maximum absolute atomic E-state index is 4.62. The van der Waals surface area contributed by atoms with Crippen LogP contribution in [0.5, 0.6) is 0 Å². The highest BCUT2D eigenvalue weighted by Gasteiger charge is 2.02. The van der Waals surface area contributed by atoms with Crippen LogP contribution in [0.4, 0.5) is 0 Å². The van der Waals surface area contributed by atoms with Gasteiger partial charge in [-0.2, -0.15) is 4.98 Å². The predicted molar refractivity (Wildman–Crippen MR) is 50.7 cm³/mol. The Kier molecular flexibility index (Phi) is 2.60. The third-order valence-electron chi connectivity index (χ3n) is 1.33. The van der Waals surface area contributed by atoms with Gasteiger partial charge in [-0.3, -0.25) is 0 Å². The van der Waals surface area contributed by atoms with Crippen LogP contribution >= 0.6 is 23.1 Å². The van der Waals surface area contributed by atoms with E-state index < -0.39 is 0 Å². The molecule has 0 unspecified atom stereocenters. The monoisotopic (exact) mass is 213 g/mol. The van der Waals surface area contributed by atoms with Crippen LogP contribution < -0.4 is 0 Å². The van der Waals surface area contributed by atoms with Crippen LogP contribution in [0.2, 0.25) is 0 Å². The zero-order valence-corrected chi connectivity index (χ0v) is 8.56. The zero-order valence-electron chi connectivity index (χ0n) is 6.93. The first-order valence-electron chi connectivity index (χ1n) is 3.65. The second-order valence-electron chi connectivity index (χ2n) is 2.39. The van der Waals surface area contributed by atoms with Gasteiger partial charge >= 0.3 is 0 Å².